The fourth-order valence-corrected chi connectivity index (χ4v) is 10.0. The summed E-state index contributed by atoms with van der Waals surface area (Å²) in [4.78, 5) is 16.2. The van der Waals surface area contributed by atoms with Gasteiger partial charge in [-0.3, -0.25) is 0 Å². The normalized spacial score (nSPS) is 17.6. The molecule has 8 aromatic rings. The molecule has 11 rings (SSSR count). The van der Waals surface area contributed by atoms with E-state index in [9.17, 15) is 0 Å². The zero-order valence-electron chi connectivity index (χ0n) is 34.7. The van der Waals surface area contributed by atoms with E-state index in [1.807, 2.05) is 0 Å². The summed E-state index contributed by atoms with van der Waals surface area (Å²) in [5.74, 6) is 1.95. The Morgan fingerprint density at radius 1 is 0.468 bits per heavy atom. The molecule has 3 nitrogen and oxygen atoms in total. The number of allylic oxidation sites excluding steroid dienone is 10. The minimum Gasteiger partial charge on any atom is -0.208 e. The smallest absolute Gasteiger partial charge is 0.164 e. The van der Waals surface area contributed by atoms with Crippen molar-refractivity contribution >= 4 is 11.1 Å². The minimum atomic E-state index is -0.572. The number of nitrogens with zero attached hydrogens (tertiary/aromatic N) is 3. The lowest BCUT2D eigenvalue weighted by atomic mass is 9.66. The summed E-state index contributed by atoms with van der Waals surface area (Å²) >= 11 is 0. The number of rotatable bonds is 6. The van der Waals surface area contributed by atoms with Crippen molar-refractivity contribution in [2.45, 2.75) is 19.3 Å². The molecule has 1 aromatic heterocycles. The highest BCUT2D eigenvalue weighted by Crippen LogP contribution is 2.65. The first-order valence-corrected chi connectivity index (χ1v) is 21.5. The van der Waals surface area contributed by atoms with Gasteiger partial charge in [0.1, 0.15) is 0 Å². The summed E-state index contributed by atoms with van der Waals surface area (Å²) < 4.78 is 0. The van der Waals surface area contributed by atoms with Gasteiger partial charge in [0.25, 0.3) is 0 Å². The van der Waals surface area contributed by atoms with Crippen LogP contribution in [-0.2, 0) is 5.41 Å². The highest BCUT2D eigenvalue weighted by molar-refractivity contribution is 6.03. The molecular formula is C59H43N3. The van der Waals surface area contributed by atoms with Gasteiger partial charge in [0.05, 0.1) is 5.41 Å². The van der Waals surface area contributed by atoms with Gasteiger partial charge in [0, 0.05) is 22.6 Å². The summed E-state index contributed by atoms with van der Waals surface area (Å²) in [6.45, 7) is 4.41. The molecule has 0 saturated heterocycles. The van der Waals surface area contributed by atoms with Gasteiger partial charge in [0.2, 0.25) is 0 Å². The molecule has 294 valence electrons. The second-order valence-electron chi connectivity index (χ2n) is 16.2. The quantitative estimate of drug-likeness (QED) is 0.168. The second kappa shape index (κ2) is 15.4. The van der Waals surface area contributed by atoms with Gasteiger partial charge in [-0.15, -0.1) is 0 Å². The van der Waals surface area contributed by atoms with Gasteiger partial charge < -0.3 is 0 Å². The van der Waals surface area contributed by atoms with Crippen molar-refractivity contribution in [3.05, 3.63) is 258 Å². The van der Waals surface area contributed by atoms with Crippen LogP contribution < -0.4 is 0 Å². The molecule has 0 saturated carbocycles. The molecule has 1 atom stereocenters. The topological polar surface area (TPSA) is 38.7 Å². The Morgan fingerprint density at radius 2 is 0.919 bits per heavy atom. The lowest BCUT2D eigenvalue weighted by Gasteiger charge is -2.35. The third-order valence-corrected chi connectivity index (χ3v) is 12.7. The number of hydrogen-bond donors (Lipinski definition) is 0. The van der Waals surface area contributed by atoms with Crippen molar-refractivity contribution in [1.29, 1.82) is 0 Å². The summed E-state index contributed by atoms with van der Waals surface area (Å²) in [5.41, 5.74) is 18.2. The van der Waals surface area contributed by atoms with Crippen molar-refractivity contribution in [3.8, 4) is 56.2 Å². The van der Waals surface area contributed by atoms with E-state index in [1.165, 1.54) is 50.1 Å². The highest BCUT2D eigenvalue weighted by Gasteiger charge is 2.54. The molecule has 3 heteroatoms. The Balaban J connectivity index is 1.20. The van der Waals surface area contributed by atoms with Crippen LogP contribution in [0.3, 0.4) is 0 Å². The monoisotopic (exact) mass is 793 g/mol. The Kier molecular flexibility index (Phi) is 9.24. The van der Waals surface area contributed by atoms with Crippen LogP contribution in [0.5, 0.6) is 0 Å². The molecular weight excluding hydrogens is 751 g/mol. The molecule has 0 radical (unpaired) electrons. The van der Waals surface area contributed by atoms with E-state index in [0.717, 1.165) is 39.0 Å². The number of fused-ring (bicyclic) bond motifs is 7. The van der Waals surface area contributed by atoms with Gasteiger partial charge in [0.15, 0.2) is 17.5 Å². The molecule has 1 spiro atoms. The first-order valence-electron chi connectivity index (χ1n) is 21.5. The van der Waals surface area contributed by atoms with E-state index in [1.54, 1.807) is 0 Å². The third kappa shape index (κ3) is 6.00. The third-order valence-electron chi connectivity index (χ3n) is 12.7. The molecule has 0 N–H and O–H groups in total. The molecule has 0 amide bonds. The highest BCUT2D eigenvalue weighted by atomic mass is 15.0. The van der Waals surface area contributed by atoms with Gasteiger partial charge >= 0.3 is 0 Å². The van der Waals surface area contributed by atoms with Crippen LogP contribution in [0.15, 0.2) is 230 Å². The van der Waals surface area contributed by atoms with Gasteiger partial charge in [-0.1, -0.05) is 213 Å². The predicted molar refractivity (Wildman–Crippen MR) is 256 cm³/mol. The van der Waals surface area contributed by atoms with Crippen LogP contribution in [-0.4, -0.2) is 15.0 Å². The van der Waals surface area contributed by atoms with E-state index in [0.29, 0.717) is 17.5 Å². The number of hydrogen-bond acceptors (Lipinski definition) is 3. The maximum atomic E-state index is 5.47. The minimum absolute atomic E-state index is 0.0385. The first-order chi connectivity index (χ1) is 30.6. The molecule has 0 bridgehead atoms. The lowest BCUT2D eigenvalue weighted by Crippen LogP contribution is -2.28. The fourth-order valence-electron chi connectivity index (χ4n) is 10.0. The molecule has 1 unspecified atom stereocenters. The fraction of sp³-hybridized carbons (Fsp3) is 0.0678. The van der Waals surface area contributed by atoms with Crippen molar-refractivity contribution in [2.24, 2.45) is 5.92 Å². The summed E-state index contributed by atoms with van der Waals surface area (Å²) in [5, 5.41) is 0. The average molecular weight is 794 g/mol. The molecule has 62 heavy (non-hydrogen) atoms. The summed E-state index contributed by atoms with van der Waals surface area (Å²) in [6.07, 6.45) is 13.3. The van der Waals surface area contributed by atoms with Crippen molar-refractivity contribution in [2.75, 3.05) is 0 Å². The maximum absolute atomic E-state index is 5.47. The molecule has 0 aliphatic heterocycles. The summed E-state index contributed by atoms with van der Waals surface area (Å²) in [7, 11) is 0. The van der Waals surface area contributed by atoms with Gasteiger partial charge in [-0.2, -0.15) is 0 Å². The van der Waals surface area contributed by atoms with Crippen LogP contribution in [0.4, 0.5) is 0 Å². The van der Waals surface area contributed by atoms with Crippen LogP contribution in [0.2, 0.25) is 0 Å². The van der Waals surface area contributed by atoms with Crippen LogP contribution in [0.25, 0.3) is 67.3 Å². The maximum Gasteiger partial charge on any atom is 0.164 e. The Hall–Kier alpha value is -7.75. The van der Waals surface area contributed by atoms with Crippen molar-refractivity contribution < 1.29 is 0 Å². The Morgan fingerprint density at radius 3 is 1.47 bits per heavy atom. The molecule has 1 heterocycles. The summed E-state index contributed by atoms with van der Waals surface area (Å²) in [6, 6.07) is 65.1. The van der Waals surface area contributed by atoms with Crippen LogP contribution >= 0.6 is 0 Å². The molecule has 3 aliphatic rings. The van der Waals surface area contributed by atoms with E-state index in [2.05, 4.69) is 232 Å². The molecule has 3 aliphatic carbocycles. The van der Waals surface area contributed by atoms with Crippen LogP contribution in [0, 0.1) is 5.92 Å². The SMILES string of the molecule is C\C=C/C=C1\C(=C2/C(c3nc(-c4cccc(-c5ccccc5)c4)nc(-c4cccc(-c5ccccc5)c4)n3)=CC=CC2C)C2(c3ccccc31)c1ccccc1-c1ccccc12. The second-order valence-corrected chi connectivity index (χ2v) is 16.2. The van der Waals surface area contributed by atoms with Crippen LogP contribution in [0.1, 0.15) is 41.9 Å². The largest absolute Gasteiger partial charge is 0.208 e. The van der Waals surface area contributed by atoms with Crippen molar-refractivity contribution in [3.63, 3.8) is 0 Å². The lowest BCUT2D eigenvalue weighted by molar-refractivity contribution is 0.759. The first kappa shape index (κ1) is 37.3. The molecule has 7 aromatic carbocycles. The molecule has 0 fully saturated rings. The Bertz CT molecular complexity index is 3050. The number of benzene rings is 7. The van der Waals surface area contributed by atoms with E-state index in [-0.39, 0.29) is 5.92 Å². The Labute approximate surface area is 363 Å². The van der Waals surface area contributed by atoms with Gasteiger partial charge in [-0.05, 0) is 91.4 Å². The van der Waals surface area contributed by atoms with E-state index in [4.69, 9.17) is 15.0 Å². The number of aromatic nitrogens is 3. The van der Waals surface area contributed by atoms with E-state index >= 15 is 0 Å². The zero-order chi connectivity index (χ0) is 41.6. The van der Waals surface area contributed by atoms with Crippen molar-refractivity contribution in [1.82, 2.24) is 15.0 Å². The standard InChI is InChI=1S/C59H43N3/c1-3-4-29-49-48-32-13-16-36-53(48)59(51-34-14-11-30-46(51)47-31-12-15-35-52(47)59)55(49)54-39(2)20-17-33-50(54)58-61-56(44-27-18-25-42(37-44)40-21-7-5-8-22-40)60-57(62-58)45-28-19-26-43(38-45)41-23-9-6-10-24-41/h3-39H,1-2H3/b4-3-,49-29-,55-54+. The van der Waals surface area contributed by atoms with E-state index < -0.39 is 5.41 Å². The average Bonchev–Trinajstić information content (AvgIpc) is 3.80. The zero-order valence-corrected chi connectivity index (χ0v) is 34.7. The van der Waals surface area contributed by atoms with Gasteiger partial charge in [-0.25, -0.2) is 15.0 Å². The predicted octanol–water partition coefficient (Wildman–Crippen LogP) is 14.4.